The molecule has 7 heavy (non-hydrogen) atoms. The molecule has 0 saturated carbocycles. The van der Waals surface area contributed by atoms with Gasteiger partial charge in [0.15, 0.2) is 0 Å². The average Bonchev–Trinajstić information content (AvgIpc) is 1.81. The van der Waals surface area contributed by atoms with Gasteiger partial charge < -0.3 is 16.5 Å². The van der Waals surface area contributed by atoms with Crippen LogP contribution in [0.15, 0.2) is 0 Å². The molecular formula is C4H7IrO2. The summed E-state index contributed by atoms with van der Waals surface area (Å²) in [7, 11) is 0. The molecule has 0 saturated heterocycles. The summed E-state index contributed by atoms with van der Waals surface area (Å²) in [5.41, 5.74) is 0. The Kier molecular flexibility index (Phi) is 5270000. The summed E-state index contributed by atoms with van der Waals surface area (Å²) < 4.78 is 0. The molecule has 3 heteroatoms. The van der Waals surface area contributed by atoms with Gasteiger partial charge in [-0.05, 0) is 0 Å². The SMILES string of the molecule is [CH-]=O.[CH-]=O.[CH2-]C.[Ir+3]. The molecule has 0 amide bonds. The first kappa shape index (κ1) is 28.1. The summed E-state index contributed by atoms with van der Waals surface area (Å²) in [6.45, 7) is 11.5. The number of rotatable bonds is 0. The van der Waals surface area contributed by atoms with Crippen molar-refractivity contribution in [3.05, 3.63) is 6.92 Å². The third-order valence-corrected chi connectivity index (χ3v) is 0. The van der Waals surface area contributed by atoms with Crippen molar-refractivity contribution in [2.75, 3.05) is 0 Å². The maximum Gasteiger partial charge on any atom is 3.00 e. The molecule has 0 fully saturated rings. The van der Waals surface area contributed by atoms with Crippen LogP contribution in [0, 0.1) is 6.92 Å². The second-order valence-corrected chi connectivity index (χ2v) is 0. The summed E-state index contributed by atoms with van der Waals surface area (Å²) >= 11 is 0. The van der Waals surface area contributed by atoms with E-state index in [4.69, 9.17) is 9.59 Å². The van der Waals surface area contributed by atoms with Crippen molar-refractivity contribution >= 4 is 13.6 Å². The normalized spacial score (nSPS) is 2.00. The van der Waals surface area contributed by atoms with Gasteiger partial charge in [0.05, 0.1) is 0 Å². The topological polar surface area (TPSA) is 34.1 Å². The average molecular weight is 279 g/mol. The smallest absolute Gasteiger partial charge is 0.545 e. The van der Waals surface area contributed by atoms with Gasteiger partial charge in [0.2, 0.25) is 0 Å². The van der Waals surface area contributed by atoms with Gasteiger partial charge in [-0.2, -0.15) is 6.92 Å². The predicted molar refractivity (Wildman–Crippen MR) is 24.5 cm³/mol. The van der Waals surface area contributed by atoms with Crippen molar-refractivity contribution < 1.29 is 29.7 Å². The molecule has 0 atom stereocenters. The molecule has 44 valence electrons. The Labute approximate surface area is 57.6 Å². The van der Waals surface area contributed by atoms with E-state index in [9.17, 15) is 0 Å². The number of hydrogen-bond acceptors (Lipinski definition) is 2. The molecule has 0 aromatic carbocycles. The monoisotopic (exact) mass is 280 g/mol. The fourth-order valence-electron chi connectivity index (χ4n) is 0. The Balaban J connectivity index is -0.00000000900. The standard InChI is InChI=1S/C2H5.2CHO.Ir/c3*1-2;/h1H2,2H3;2*1H;/q3*-1;+3. The van der Waals surface area contributed by atoms with Gasteiger partial charge in [-0.1, -0.05) is 0 Å². The van der Waals surface area contributed by atoms with E-state index < -0.39 is 0 Å². The van der Waals surface area contributed by atoms with E-state index in [0.717, 1.165) is 0 Å². The van der Waals surface area contributed by atoms with Gasteiger partial charge in [0, 0.05) is 0 Å². The Bertz CT molecular complexity index is 11.7. The van der Waals surface area contributed by atoms with Crippen molar-refractivity contribution in [3.8, 4) is 0 Å². The van der Waals surface area contributed by atoms with E-state index in [1.807, 2.05) is 0 Å². The van der Waals surface area contributed by atoms with Crippen LogP contribution in [0.5, 0.6) is 0 Å². The number of carbonyl (C=O) groups excluding carboxylic acids is 2. The van der Waals surface area contributed by atoms with Crippen LogP contribution in [0.3, 0.4) is 0 Å². The van der Waals surface area contributed by atoms with E-state index in [0.29, 0.717) is 0 Å². The minimum Gasteiger partial charge on any atom is -0.545 e. The molecule has 0 unspecified atom stereocenters. The molecule has 0 N–H and O–H groups in total. The van der Waals surface area contributed by atoms with Crippen molar-refractivity contribution in [1.29, 1.82) is 0 Å². The van der Waals surface area contributed by atoms with Gasteiger partial charge in [-0.3, -0.25) is 13.6 Å². The summed E-state index contributed by atoms with van der Waals surface area (Å²) in [6, 6.07) is 0. The van der Waals surface area contributed by atoms with Crippen LogP contribution in [-0.4, -0.2) is 13.6 Å². The van der Waals surface area contributed by atoms with Gasteiger partial charge in [0.1, 0.15) is 0 Å². The molecule has 0 aromatic heterocycles. The minimum atomic E-state index is 0. The summed E-state index contributed by atoms with van der Waals surface area (Å²) in [5.74, 6) is 0. The zero-order valence-corrected chi connectivity index (χ0v) is 6.41. The first-order chi connectivity index (χ1) is 3.00. The van der Waals surface area contributed by atoms with E-state index >= 15 is 0 Å². The zero-order chi connectivity index (χ0) is 6.00. The number of hydrogen-bond donors (Lipinski definition) is 0. The predicted octanol–water partition coefficient (Wildman–Crippen LogP) is 0.290. The van der Waals surface area contributed by atoms with Crippen LogP contribution >= 0.6 is 0 Å². The largest absolute Gasteiger partial charge is 3.00 e. The van der Waals surface area contributed by atoms with Crippen molar-refractivity contribution in [1.82, 2.24) is 0 Å². The molecular weight excluding hydrogens is 272 g/mol. The van der Waals surface area contributed by atoms with Crippen molar-refractivity contribution in [2.45, 2.75) is 6.92 Å². The molecule has 0 heterocycles. The quantitative estimate of drug-likeness (QED) is 0.472. The molecule has 0 spiro atoms. The molecule has 0 radical (unpaired) electrons. The summed E-state index contributed by atoms with van der Waals surface area (Å²) in [4.78, 5) is 15.5. The van der Waals surface area contributed by atoms with Gasteiger partial charge in [-0.25, -0.2) is 0 Å². The Morgan fingerprint density at radius 1 is 1.00 bits per heavy atom. The van der Waals surface area contributed by atoms with Gasteiger partial charge in [-0.15, -0.1) is 0 Å². The van der Waals surface area contributed by atoms with Crippen LogP contribution in [-0.2, 0) is 29.7 Å². The first-order valence-electron chi connectivity index (χ1n) is 1.18. The Morgan fingerprint density at radius 2 is 1.00 bits per heavy atom. The second kappa shape index (κ2) is 1310000. The van der Waals surface area contributed by atoms with Crippen LogP contribution in [0.1, 0.15) is 6.92 Å². The Morgan fingerprint density at radius 3 is 1.00 bits per heavy atom. The van der Waals surface area contributed by atoms with Crippen LogP contribution in [0.25, 0.3) is 0 Å². The summed E-state index contributed by atoms with van der Waals surface area (Å²) in [5, 5.41) is 0. The van der Waals surface area contributed by atoms with E-state index in [1.54, 1.807) is 6.92 Å². The molecule has 0 aliphatic rings. The molecule has 0 rings (SSSR count). The third kappa shape index (κ3) is 841000. The van der Waals surface area contributed by atoms with Crippen molar-refractivity contribution in [2.24, 2.45) is 0 Å². The van der Waals surface area contributed by atoms with Crippen LogP contribution < -0.4 is 0 Å². The first-order valence-corrected chi connectivity index (χ1v) is 1.18. The van der Waals surface area contributed by atoms with Gasteiger partial charge >= 0.3 is 20.1 Å². The molecule has 0 aliphatic heterocycles. The fraction of sp³-hybridized carbons (Fsp3) is 0.250. The van der Waals surface area contributed by atoms with E-state index in [1.165, 1.54) is 0 Å². The minimum absolute atomic E-state index is 0. The molecule has 0 bridgehead atoms. The maximum absolute atomic E-state index is 7.75. The maximum atomic E-state index is 7.75. The van der Waals surface area contributed by atoms with E-state index in [2.05, 4.69) is 20.5 Å². The second-order valence-electron chi connectivity index (χ2n) is 0. The zero-order valence-electron chi connectivity index (χ0n) is 4.01. The van der Waals surface area contributed by atoms with E-state index in [-0.39, 0.29) is 20.1 Å². The molecule has 2 nitrogen and oxygen atoms in total. The third-order valence-electron chi connectivity index (χ3n) is 0. The van der Waals surface area contributed by atoms with Crippen LogP contribution in [0.2, 0.25) is 0 Å². The fourth-order valence-corrected chi connectivity index (χ4v) is 0. The molecule has 0 aliphatic carbocycles. The Hall–Kier alpha value is -0.0106. The van der Waals surface area contributed by atoms with Crippen LogP contribution in [0.4, 0.5) is 0 Å². The van der Waals surface area contributed by atoms with Crippen molar-refractivity contribution in [3.63, 3.8) is 0 Å². The molecule has 0 aromatic rings. The van der Waals surface area contributed by atoms with Gasteiger partial charge in [0.25, 0.3) is 0 Å². The summed E-state index contributed by atoms with van der Waals surface area (Å²) in [6.07, 6.45) is 0.